The number of ether oxygens (including phenoxy) is 2. The Morgan fingerprint density at radius 2 is 1.60 bits per heavy atom. The van der Waals surface area contributed by atoms with Gasteiger partial charge in [-0.2, -0.15) is 0 Å². The van der Waals surface area contributed by atoms with E-state index in [2.05, 4.69) is 18.2 Å². The second kappa shape index (κ2) is 8.56. The Balaban J connectivity index is 1.54. The lowest BCUT2D eigenvalue weighted by molar-refractivity contribution is -1.02. The maximum Gasteiger partial charge on any atom is 0.131 e. The van der Waals surface area contributed by atoms with Gasteiger partial charge in [-0.05, 0) is 24.3 Å². The van der Waals surface area contributed by atoms with Crippen LogP contribution in [0.2, 0.25) is 5.02 Å². The minimum absolute atomic E-state index is 0.827. The van der Waals surface area contributed by atoms with Gasteiger partial charge in [0.2, 0.25) is 0 Å². The first kappa shape index (κ1) is 18.1. The molecule has 0 spiro atoms. The lowest BCUT2D eigenvalue weighted by Gasteiger charge is -2.30. The van der Waals surface area contributed by atoms with Crippen molar-refractivity contribution in [2.24, 2.45) is 0 Å². The van der Waals surface area contributed by atoms with Crippen LogP contribution in [0.5, 0.6) is 11.5 Å². The third-order valence-electron chi connectivity index (χ3n) is 4.94. The van der Waals surface area contributed by atoms with E-state index in [1.807, 2.05) is 24.3 Å². The molecule has 25 heavy (non-hydrogen) atoms. The highest BCUT2D eigenvalue weighted by atomic mass is 35.5. The van der Waals surface area contributed by atoms with Gasteiger partial charge in [-0.25, -0.2) is 0 Å². The molecule has 2 aromatic carbocycles. The summed E-state index contributed by atoms with van der Waals surface area (Å²) in [5.74, 6) is 1.76. The van der Waals surface area contributed by atoms with Crippen LogP contribution < -0.4 is 19.3 Å². The normalized spacial score (nSPS) is 20.3. The van der Waals surface area contributed by atoms with Crippen LogP contribution in [-0.2, 0) is 13.1 Å². The molecule has 0 atom stereocenters. The maximum atomic E-state index is 6.09. The zero-order valence-electron chi connectivity index (χ0n) is 15.0. The van der Waals surface area contributed by atoms with Crippen molar-refractivity contribution in [1.82, 2.24) is 0 Å². The summed E-state index contributed by atoms with van der Waals surface area (Å²) in [6, 6.07) is 14.3. The van der Waals surface area contributed by atoms with E-state index in [1.54, 1.807) is 24.0 Å². The van der Waals surface area contributed by atoms with Crippen LogP contribution in [0.3, 0.4) is 0 Å². The Morgan fingerprint density at radius 3 is 2.24 bits per heavy atom. The number of hydrogen-bond acceptors (Lipinski definition) is 2. The fourth-order valence-electron chi connectivity index (χ4n) is 3.51. The Labute approximate surface area is 154 Å². The van der Waals surface area contributed by atoms with Crippen molar-refractivity contribution in [2.45, 2.75) is 13.1 Å². The third-order valence-corrected chi connectivity index (χ3v) is 5.18. The molecule has 3 rings (SSSR count). The number of halogens is 1. The summed E-state index contributed by atoms with van der Waals surface area (Å²) in [7, 11) is 3.41. The smallest absolute Gasteiger partial charge is 0.131 e. The number of benzene rings is 2. The van der Waals surface area contributed by atoms with Crippen LogP contribution in [-0.4, -0.2) is 40.4 Å². The van der Waals surface area contributed by atoms with E-state index in [9.17, 15) is 0 Å². The van der Waals surface area contributed by atoms with Crippen LogP contribution in [0.4, 0.5) is 0 Å². The summed E-state index contributed by atoms with van der Waals surface area (Å²) < 4.78 is 10.8. The number of piperazine rings is 1. The number of rotatable bonds is 6. The summed E-state index contributed by atoms with van der Waals surface area (Å²) in [5.41, 5.74) is 2.57. The largest absolute Gasteiger partial charge is 0.497 e. The molecule has 1 aliphatic rings. The van der Waals surface area contributed by atoms with Gasteiger partial charge in [0.1, 0.15) is 50.8 Å². The van der Waals surface area contributed by atoms with E-state index >= 15 is 0 Å². The molecule has 1 aliphatic heterocycles. The van der Waals surface area contributed by atoms with Gasteiger partial charge in [-0.1, -0.05) is 23.7 Å². The Hall–Kier alpha value is -1.75. The minimum Gasteiger partial charge on any atom is -0.497 e. The highest BCUT2D eigenvalue weighted by Gasteiger charge is 2.24. The number of hydrogen-bond donors (Lipinski definition) is 2. The Morgan fingerprint density at radius 1 is 0.880 bits per heavy atom. The first-order valence-corrected chi connectivity index (χ1v) is 9.18. The molecular weight excluding hydrogens is 336 g/mol. The summed E-state index contributed by atoms with van der Waals surface area (Å²) in [6.07, 6.45) is 0. The monoisotopic (exact) mass is 362 g/mol. The highest BCUT2D eigenvalue weighted by Crippen LogP contribution is 2.23. The van der Waals surface area contributed by atoms with Crippen molar-refractivity contribution in [3.05, 3.63) is 58.6 Å². The van der Waals surface area contributed by atoms with Crippen molar-refractivity contribution in [3.8, 4) is 11.5 Å². The molecule has 0 amide bonds. The molecule has 0 radical (unpaired) electrons. The summed E-state index contributed by atoms with van der Waals surface area (Å²) in [4.78, 5) is 3.24. The molecule has 0 aliphatic carbocycles. The van der Waals surface area contributed by atoms with E-state index in [0.29, 0.717) is 0 Å². The van der Waals surface area contributed by atoms with Gasteiger partial charge in [0.15, 0.2) is 0 Å². The predicted molar refractivity (Wildman–Crippen MR) is 99.8 cm³/mol. The molecule has 0 unspecified atom stereocenters. The SMILES string of the molecule is COc1ccc(C[NH+]2CC[NH+](Cc3cccc(Cl)c3)CC2)c(OC)c1. The molecule has 1 heterocycles. The summed E-state index contributed by atoms with van der Waals surface area (Å²) in [5, 5.41) is 0.827. The van der Waals surface area contributed by atoms with Crippen molar-refractivity contribution in [1.29, 1.82) is 0 Å². The molecular formula is C20H27ClN2O2+2. The molecule has 1 saturated heterocycles. The summed E-state index contributed by atoms with van der Waals surface area (Å²) >= 11 is 6.09. The van der Waals surface area contributed by atoms with Gasteiger partial charge >= 0.3 is 0 Å². The predicted octanol–water partition coefficient (Wildman–Crippen LogP) is 0.841. The molecule has 0 saturated carbocycles. The second-order valence-corrected chi connectivity index (χ2v) is 7.10. The quantitative estimate of drug-likeness (QED) is 0.797. The Kier molecular flexibility index (Phi) is 6.19. The van der Waals surface area contributed by atoms with E-state index in [0.717, 1.165) is 29.6 Å². The van der Waals surface area contributed by atoms with Gasteiger partial charge in [0.05, 0.1) is 14.2 Å². The maximum absolute atomic E-state index is 6.09. The van der Waals surface area contributed by atoms with E-state index in [1.165, 1.54) is 37.3 Å². The standard InChI is InChI=1S/C20H25ClN2O2/c1-24-19-7-6-17(20(13-19)25-2)15-23-10-8-22(9-11-23)14-16-4-3-5-18(21)12-16/h3-7,12-13H,8-11,14-15H2,1-2H3/p+2. The lowest BCUT2D eigenvalue weighted by Crippen LogP contribution is -3.27. The average Bonchev–Trinajstić information content (AvgIpc) is 2.63. The highest BCUT2D eigenvalue weighted by molar-refractivity contribution is 6.30. The van der Waals surface area contributed by atoms with Gasteiger partial charge < -0.3 is 19.3 Å². The lowest BCUT2D eigenvalue weighted by atomic mass is 10.1. The van der Waals surface area contributed by atoms with Crippen LogP contribution in [0, 0.1) is 0 Å². The van der Waals surface area contributed by atoms with Gasteiger partial charge in [0, 0.05) is 22.2 Å². The topological polar surface area (TPSA) is 27.3 Å². The van der Waals surface area contributed by atoms with Crippen molar-refractivity contribution in [2.75, 3.05) is 40.4 Å². The van der Waals surface area contributed by atoms with Crippen LogP contribution in [0.1, 0.15) is 11.1 Å². The molecule has 5 heteroatoms. The van der Waals surface area contributed by atoms with Crippen LogP contribution >= 0.6 is 11.6 Å². The first-order chi connectivity index (χ1) is 12.2. The number of nitrogens with one attached hydrogen (secondary N) is 2. The third kappa shape index (κ3) is 4.88. The van der Waals surface area contributed by atoms with E-state index < -0.39 is 0 Å². The Bertz CT molecular complexity index is 700. The second-order valence-electron chi connectivity index (χ2n) is 6.66. The van der Waals surface area contributed by atoms with Gasteiger partial charge in [0.25, 0.3) is 0 Å². The van der Waals surface area contributed by atoms with Gasteiger partial charge in [-0.3, -0.25) is 0 Å². The van der Waals surface area contributed by atoms with Crippen molar-refractivity contribution < 1.29 is 19.3 Å². The molecule has 4 nitrogen and oxygen atoms in total. The number of quaternary nitrogens is 2. The zero-order chi connectivity index (χ0) is 17.6. The fraction of sp³-hybridized carbons (Fsp3) is 0.400. The van der Waals surface area contributed by atoms with Crippen molar-refractivity contribution >= 4 is 11.6 Å². The van der Waals surface area contributed by atoms with Crippen LogP contribution in [0.15, 0.2) is 42.5 Å². The average molecular weight is 363 g/mol. The molecule has 0 aromatic heterocycles. The number of methoxy groups -OCH3 is 2. The summed E-state index contributed by atoms with van der Waals surface area (Å²) in [6.45, 7) is 6.76. The van der Waals surface area contributed by atoms with E-state index in [-0.39, 0.29) is 0 Å². The molecule has 0 bridgehead atoms. The van der Waals surface area contributed by atoms with Gasteiger partial charge in [-0.15, -0.1) is 0 Å². The molecule has 2 N–H and O–H groups in total. The minimum atomic E-state index is 0.827. The first-order valence-electron chi connectivity index (χ1n) is 8.80. The van der Waals surface area contributed by atoms with Crippen molar-refractivity contribution in [3.63, 3.8) is 0 Å². The van der Waals surface area contributed by atoms with E-state index in [4.69, 9.17) is 21.1 Å². The molecule has 2 aromatic rings. The zero-order valence-corrected chi connectivity index (χ0v) is 15.7. The molecule has 134 valence electrons. The van der Waals surface area contributed by atoms with Crippen LogP contribution in [0.25, 0.3) is 0 Å². The molecule has 1 fully saturated rings. The fourth-order valence-corrected chi connectivity index (χ4v) is 3.73.